The minimum Gasteiger partial charge on any atom is -0.353 e. The smallest absolute Gasteiger partial charge is 0.223 e. The maximum Gasteiger partial charge on any atom is 0.223 e. The van der Waals surface area contributed by atoms with Gasteiger partial charge in [0, 0.05) is 31.6 Å². The van der Waals surface area contributed by atoms with Crippen LogP contribution < -0.4 is 10.2 Å². The van der Waals surface area contributed by atoms with Crippen molar-refractivity contribution in [3.63, 3.8) is 0 Å². The topological polar surface area (TPSA) is 50.2 Å². The predicted octanol–water partition coefficient (Wildman–Crippen LogP) is 3.89. The fourth-order valence-electron chi connectivity index (χ4n) is 4.52. The Bertz CT molecular complexity index is 798. The number of allylic oxidation sites excluding steroid dienone is 1. The number of benzene rings is 1. The Balaban J connectivity index is 1.41. The first kappa shape index (κ1) is 18.1. The van der Waals surface area contributed by atoms with Crippen molar-refractivity contribution in [1.82, 2.24) is 14.9 Å². The van der Waals surface area contributed by atoms with Crippen LogP contribution in [-0.2, 0) is 11.3 Å². The molecule has 1 aliphatic carbocycles. The lowest BCUT2D eigenvalue weighted by Crippen LogP contribution is -2.44. The molecule has 2 aromatic rings. The number of hydrogen-bond donors (Lipinski definition) is 1. The summed E-state index contributed by atoms with van der Waals surface area (Å²) < 4.78 is 2.23. The van der Waals surface area contributed by atoms with Crippen molar-refractivity contribution in [1.29, 1.82) is 0 Å². The Hall–Kier alpha value is -2.30. The van der Waals surface area contributed by atoms with Crippen LogP contribution in [0.15, 0.2) is 36.9 Å². The molecule has 5 nitrogen and oxygen atoms in total. The molecule has 1 saturated carbocycles. The second-order valence-electron chi connectivity index (χ2n) is 7.90. The van der Waals surface area contributed by atoms with Crippen LogP contribution in [0, 0.1) is 5.92 Å². The molecule has 1 N–H and O–H groups in total. The summed E-state index contributed by atoms with van der Waals surface area (Å²) in [5.41, 5.74) is 2.16. The lowest BCUT2D eigenvalue weighted by molar-refractivity contribution is -0.126. The summed E-state index contributed by atoms with van der Waals surface area (Å²) in [4.78, 5) is 19.8. The van der Waals surface area contributed by atoms with Crippen molar-refractivity contribution in [3.8, 4) is 0 Å². The number of carbonyl (C=O) groups is 1. The fourth-order valence-corrected chi connectivity index (χ4v) is 4.52. The molecule has 0 atom stereocenters. The molecule has 2 heterocycles. The number of anilines is 1. The quantitative estimate of drug-likeness (QED) is 0.817. The van der Waals surface area contributed by atoms with E-state index >= 15 is 0 Å². The molecule has 4 rings (SSSR count). The van der Waals surface area contributed by atoms with E-state index in [1.165, 1.54) is 19.3 Å². The summed E-state index contributed by atoms with van der Waals surface area (Å²) in [7, 11) is 0. The van der Waals surface area contributed by atoms with Crippen LogP contribution in [0.25, 0.3) is 11.0 Å². The van der Waals surface area contributed by atoms with Crippen molar-refractivity contribution in [2.75, 3.05) is 18.0 Å². The summed E-state index contributed by atoms with van der Waals surface area (Å²) in [6.45, 7) is 6.40. The average molecular weight is 367 g/mol. The molecule has 5 heteroatoms. The molecular weight excluding hydrogens is 336 g/mol. The van der Waals surface area contributed by atoms with E-state index in [4.69, 9.17) is 4.98 Å². The normalized spacial score (nSPS) is 19.3. The van der Waals surface area contributed by atoms with Gasteiger partial charge in [-0.05, 0) is 37.8 Å². The molecule has 1 saturated heterocycles. The third-order valence-electron chi connectivity index (χ3n) is 6.05. The summed E-state index contributed by atoms with van der Waals surface area (Å²) in [6.07, 6.45) is 9.84. The van der Waals surface area contributed by atoms with Crippen molar-refractivity contribution < 1.29 is 4.79 Å². The molecule has 0 spiro atoms. The minimum absolute atomic E-state index is 0.139. The Labute approximate surface area is 161 Å². The molecule has 0 radical (unpaired) electrons. The highest BCUT2D eigenvalue weighted by molar-refractivity contribution is 5.80. The van der Waals surface area contributed by atoms with Gasteiger partial charge in [0.25, 0.3) is 0 Å². The minimum atomic E-state index is 0.139. The van der Waals surface area contributed by atoms with Crippen LogP contribution in [0.2, 0.25) is 0 Å². The van der Waals surface area contributed by atoms with Gasteiger partial charge in [0.05, 0.1) is 11.0 Å². The van der Waals surface area contributed by atoms with E-state index in [1.807, 2.05) is 12.1 Å². The number of imidazole rings is 1. The molecular formula is C22H30N4O. The highest BCUT2D eigenvalue weighted by atomic mass is 16.1. The van der Waals surface area contributed by atoms with Gasteiger partial charge in [0.15, 0.2) is 0 Å². The molecule has 1 aromatic heterocycles. The predicted molar refractivity (Wildman–Crippen MR) is 110 cm³/mol. The van der Waals surface area contributed by atoms with Crippen molar-refractivity contribution in [3.05, 3.63) is 36.9 Å². The molecule has 0 bridgehead atoms. The molecule has 2 fully saturated rings. The standard InChI is InChI=1S/C22H30N4O/c1-2-14-26-20-11-7-6-10-19(20)24-22(26)25-15-12-17(13-16-25)21(27)23-18-8-4-3-5-9-18/h2,6-7,10-11,17-18H,1,3-5,8-9,12-16H2,(H,23,27). The highest BCUT2D eigenvalue weighted by Crippen LogP contribution is 2.27. The van der Waals surface area contributed by atoms with Crippen LogP contribution >= 0.6 is 0 Å². The number of nitrogens with zero attached hydrogens (tertiary/aromatic N) is 3. The number of aromatic nitrogens is 2. The van der Waals surface area contributed by atoms with Gasteiger partial charge >= 0.3 is 0 Å². The van der Waals surface area contributed by atoms with Crippen LogP contribution in [-0.4, -0.2) is 34.6 Å². The summed E-state index contributed by atoms with van der Waals surface area (Å²) in [5.74, 6) is 1.41. The lowest BCUT2D eigenvalue weighted by atomic mass is 9.92. The average Bonchev–Trinajstić information content (AvgIpc) is 3.08. The number of hydrogen-bond acceptors (Lipinski definition) is 3. The second kappa shape index (κ2) is 8.15. The van der Waals surface area contributed by atoms with Gasteiger partial charge in [-0.3, -0.25) is 4.79 Å². The second-order valence-corrected chi connectivity index (χ2v) is 7.90. The maximum absolute atomic E-state index is 12.7. The zero-order valence-electron chi connectivity index (χ0n) is 16.1. The number of amides is 1. The summed E-state index contributed by atoms with van der Waals surface area (Å²) in [6, 6.07) is 8.65. The van der Waals surface area contributed by atoms with Crippen LogP contribution in [0.1, 0.15) is 44.9 Å². The number of fused-ring (bicyclic) bond motifs is 1. The number of rotatable bonds is 5. The van der Waals surface area contributed by atoms with E-state index < -0.39 is 0 Å². The van der Waals surface area contributed by atoms with Crippen LogP contribution in [0.5, 0.6) is 0 Å². The van der Waals surface area contributed by atoms with Gasteiger partial charge in [0.1, 0.15) is 0 Å². The molecule has 1 aliphatic heterocycles. The maximum atomic E-state index is 12.7. The first-order valence-electron chi connectivity index (χ1n) is 10.4. The first-order valence-corrected chi connectivity index (χ1v) is 10.4. The van der Waals surface area contributed by atoms with E-state index in [0.29, 0.717) is 6.04 Å². The zero-order valence-corrected chi connectivity index (χ0v) is 16.1. The highest BCUT2D eigenvalue weighted by Gasteiger charge is 2.29. The van der Waals surface area contributed by atoms with Gasteiger partial charge in [-0.2, -0.15) is 0 Å². The number of para-hydroxylation sites is 2. The molecule has 1 aromatic carbocycles. The monoisotopic (exact) mass is 366 g/mol. The molecule has 1 amide bonds. The van der Waals surface area contributed by atoms with E-state index in [9.17, 15) is 4.79 Å². The third-order valence-corrected chi connectivity index (χ3v) is 6.05. The van der Waals surface area contributed by atoms with E-state index in [0.717, 1.165) is 62.3 Å². The van der Waals surface area contributed by atoms with Crippen LogP contribution in [0.3, 0.4) is 0 Å². The van der Waals surface area contributed by atoms with E-state index in [-0.39, 0.29) is 11.8 Å². The summed E-state index contributed by atoms with van der Waals surface area (Å²) >= 11 is 0. The van der Waals surface area contributed by atoms with Gasteiger partial charge in [-0.1, -0.05) is 37.5 Å². The molecule has 2 aliphatic rings. The number of carbonyl (C=O) groups excluding carboxylic acids is 1. The number of nitrogens with one attached hydrogen (secondary N) is 1. The molecule has 27 heavy (non-hydrogen) atoms. The third kappa shape index (κ3) is 3.87. The Morgan fingerprint density at radius 2 is 1.89 bits per heavy atom. The van der Waals surface area contributed by atoms with Gasteiger partial charge in [0.2, 0.25) is 11.9 Å². The number of piperidine rings is 1. The Morgan fingerprint density at radius 1 is 1.15 bits per heavy atom. The SMILES string of the molecule is C=CCn1c(N2CCC(C(=O)NC3CCCCC3)CC2)nc2ccccc21. The lowest BCUT2D eigenvalue weighted by Gasteiger charge is -2.33. The molecule has 0 unspecified atom stereocenters. The fraction of sp³-hybridized carbons (Fsp3) is 0.545. The van der Waals surface area contributed by atoms with Crippen molar-refractivity contribution in [2.24, 2.45) is 5.92 Å². The van der Waals surface area contributed by atoms with Gasteiger partial charge in [-0.25, -0.2) is 4.98 Å². The Morgan fingerprint density at radius 3 is 2.63 bits per heavy atom. The van der Waals surface area contributed by atoms with E-state index in [1.54, 1.807) is 0 Å². The molecule has 144 valence electrons. The van der Waals surface area contributed by atoms with Crippen molar-refractivity contribution in [2.45, 2.75) is 57.5 Å². The Kier molecular flexibility index (Phi) is 5.46. The largest absolute Gasteiger partial charge is 0.353 e. The van der Waals surface area contributed by atoms with Gasteiger partial charge in [-0.15, -0.1) is 6.58 Å². The van der Waals surface area contributed by atoms with Crippen LogP contribution in [0.4, 0.5) is 5.95 Å². The summed E-state index contributed by atoms with van der Waals surface area (Å²) in [5, 5.41) is 3.30. The van der Waals surface area contributed by atoms with E-state index in [2.05, 4.69) is 39.6 Å². The van der Waals surface area contributed by atoms with Gasteiger partial charge < -0.3 is 14.8 Å². The first-order chi connectivity index (χ1) is 13.3. The van der Waals surface area contributed by atoms with Crippen molar-refractivity contribution >= 4 is 22.9 Å². The zero-order chi connectivity index (χ0) is 18.6.